The summed E-state index contributed by atoms with van der Waals surface area (Å²) in [5.41, 5.74) is 1.76. The normalized spacial score (nSPS) is 20.2. The molecule has 0 bridgehead atoms. The zero-order valence-electron chi connectivity index (χ0n) is 15.2. The molecule has 1 saturated carbocycles. The summed E-state index contributed by atoms with van der Waals surface area (Å²) in [5, 5.41) is 4.02. The van der Waals surface area contributed by atoms with E-state index >= 15 is 0 Å². The van der Waals surface area contributed by atoms with Crippen LogP contribution in [0.15, 0.2) is 30.5 Å². The number of piperazine rings is 1. The number of para-hydroxylation sites is 1. The largest absolute Gasteiger partial charge is 0.360 e. The minimum atomic E-state index is -0.156. The van der Waals surface area contributed by atoms with Crippen LogP contribution in [0.1, 0.15) is 30.1 Å². The molecule has 1 atom stereocenters. The number of aromatic amines is 1. The van der Waals surface area contributed by atoms with Crippen molar-refractivity contribution in [3.8, 4) is 0 Å². The third-order valence-corrected chi connectivity index (χ3v) is 5.50. The van der Waals surface area contributed by atoms with Crippen molar-refractivity contribution in [3.63, 3.8) is 0 Å². The fourth-order valence-corrected chi connectivity index (χ4v) is 3.68. The van der Waals surface area contributed by atoms with Crippen LogP contribution in [0.25, 0.3) is 10.9 Å². The van der Waals surface area contributed by atoms with Crippen molar-refractivity contribution in [2.75, 3.05) is 32.7 Å². The second-order valence-corrected chi connectivity index (χ2v) is 7.44. The molecule has 4 rings (SSSR count). The van der Waals surface area contributed by atoms with E-state index in [2.05, 4.69) is 20.1 Å². The molecule has 2 aromatic rings. The lowest BCUT2D eigenvalue weighted by Gasteiger charge is -2.37. The third-order valence-electron chi connectivity index (χ3n) is 5.50. The number of amides is 1. The van der Waals surface area contributed by atoms with Crippen molar-refractivity contribution in [1.29, 1.82) is 0 Å². The highest BCUT2D eigenvalue weighted by atomic mass is 16.2. The minimum absolute atomic E-state index is 0.129. The quantitative estimate of drug-likeness (QED) is 0.774. The lowest BCUT2D eigenvalue weighted by molar-refractivity contribution is -0.122. The first-order chi connectivity index (χ1) is 12.6. The molecule has 1 aliphatic heterocycles. The van der Waals surface area contributed by atoms with E-state index < -0.39 is 0 Å². The Bertz CT molecular complexity index is 803. The number of hydrogen-bond donors (Lipinski definition) is 2. The van der Waals surface area contributed by atoms with Gasteiger partial charge in [0, 0.05) is 54.9 Å². The number of H-pyrrole nitrogens is 1. The smallest absolute Gasteiger partial charge is 0.234 e. The van der Waals surface area contributed by atoms with Gasteiger partial charge in [0.25, 0.3) is 0 Å². The Morgan fingerprint density at radius 3 is 2.65 bits per heavy atom. The number of fused-ring (bicyclic) bond motifs is 1. The predicted octanol–water partition coefficient (Wildman–Crippen LogP) is 1.64. The second-order valence-electron chi connectivity index (χ2n) is 7.44. The molecule has 138 valence electrons. The lowest BCUT2D eigenvalue weighted by atomic mass is 10.0. The Labute approximate surface area is 153 Å². The number of rotatable bonds is 6. The fraction of sp³-hybridized carbons (Fsp3) is 0.500. The topological polar surface area (TPSA) is 68.4 Å². The van der Waals surface area contributed by atoms with E-state index in [1.54, 1.807) is 0 Å². The van der Waals surface area contributed by atoms with Crippen molar-refractivity contribution < 1.29 is 9.59 Å². The number of aromatic nitrogens is 1. The monoisotopic (exact) mass is 354 g/mol. The molecule has 1 aromatic heterocycles. The Hall–Kier alpha value is -2.18. The first-order valence-corrected chi connectivity index (χ1v) is 9.48. The van der Waals surface area contributed by atoms with Gasteiger partial charge in [0.05, 0.1) is 12.6 Å². The maximum absolute atomic E-state index is 13.0. The van der Waals surface area contributed by atoms with Crippen molar-refractivity contribution >= 4 is 22.6 Å². The molecule has 26 heavy (non-hydrogen) atoms. The molecule has 0 radical (unpaired) electrons. The molecular weight excluding hydrogens is 328 g/mol. The SMILES string of the molecule is CC(C(=O)c1c[nH]c2ccccc12)N1CCN(CC(=O)NC2CC2)CC1. The molecule has 0 spiro atoms. The Kier molecular flexibility index (Phi) is 4.78. The zero-order valence-corrected chi connectivity index (χ0v) is 15.2. The van der Waals surface area contributed by atoms with E-state index in [1.807, 2.05) is 37.4 Å². The van der Waals surface area contributed by atoms with Crippen LogP contribution in [-0.2, 0) is 4.79 Å². The van der Waals surface area contributed by atoms with Crippen LogP contribution < -0.4 is 5.32 Å². The summed E-state index contributed by atoms with van der Waals surface area (Å²) in [5.74, 6) is 0.284. The van der Waals surface area contributed by atoms with Crippen LogP contribution in [0, 0.1) is 0 Å². The van der Waals surface area contributed by atoms with Crippen LogP contribution in [0.4, 0.5) is 0 Å². The number of nitrogens with zero attached hydrogens (tertiary/aromatic N) is 2. The Morgan fingerprint density at radius 1 is 1.19 bits per heavy atom. The molecule has 1 amide bonds. The van der Waals surface area contributed by atoms with Crippen LogP contribution in [0.5, 0.6) is 0 Å². The van der Waals surface area contributed by atoms with Crippen molar-refractivity contribution in [2.45, 2.75) is 31.8 Å². The molecule has 6 heteroatoms. The van der Waals surface area contributed by atoms with Gasteiger partial charge in [-0.25, -0.2) is 0 Å². The third kappa shape index (κ3) is 3.66. The van der Waals surface area contributed by atoms with Gasteiger partial charge in [-0.1, -0.05) is 18.2 Å². The highest BCUT2D eigenvalue weighted by Gasteiger charge is 2.29. The van der Waals surface area contributed by atoms with Gasteiger partial charge in [-0.2, -0.15) is 0 Å². The average molecular weight is 354 g/mol. The molecule has 1 aliphatic carbocycles. The summed E-state index contributed by atoms with van der Waals surface area (Å²) in [7, 11) is 0. The number of ketones is 1. The highest BCUT2D eigenvalue weighted by Crippen LogP contribution is 2.21. The van der Waals surface area contributed by atoms with Crippen molar-refractivity contribution in [2.24, 2.45) is 0 Å². The van der Waals surface area contributed by atoms with Gasteiger partial charge in [0.15, 0.2) is 5.78 Å². The number of nitrogens with one attached hydrogen (secondary N) is 2. The van der Waals surface area contributed by atoms with Gasteiger partial charge in [0.1, 0.15) is 0 Å². The van der Waals surface area contributed by atoms with Gasteiger partial charge >= 0.3 is 0 Å². The van der Waals surface area contributed by atoms with E-state index in [0.29, 0.717) is 12.6 Å². The second kappa shape index (κ2) is 7.21. The summed E-state index contributed by atoms with van der Waals surface area (Å²) in [4.78, 5) is 32.5. The van der Waals surface area contributed by atoms with E-state index in [-0.39, 0.29) is 17.7 Å². The highest BCUT2D eigenvalue weighted by molar-refractivity contribution is 6.10. The molecule has 1 aromatic carbocycles. The van der Waals surface area contributed by atoms with E-state index in [4.69, 9.17) is 0 Å². The molecule has 1 unspecified atom stereocenters. The van der Waals surface area contributed by atoms with Gasteiger partial charge in [0.2, 0.25) is 5.91 Å². The summed E-state index contributed by atoms with van der Waals surface area (Å²) >= 11 is 0. The molecular formula is C20H26N4O2. The van der Waals surface area contributed by atoms with Gasteiger partial charge < -0.3 is 10.3 Å². The van der Waals surface area contributed by atoms with Crippen molar-refractivity contribution in [3.05, 3.63) is 36.0 Å². The number of carbonyl (C=O) groups excluding carboxylic acids is 2. The molecule has 2 heterocycles. The number of hydrogen-bond acceptors (Lipinski definition) is 4. The molecule has 2 fully saturated rings. The van der Waals surface area contributed by atoms with Crippen LogP contribution in [-0.4, -0.2) is 71.3 Å². The maximum atomic E-state index is 13.0. The van der Waals surface area contributed by atoms with E-state index in [0.717, 1.165) is 55.5 Å². The van der Waals surface area contributed by atoms with Crippen LogP contribution in [0.2, 0.25) is 0 Å². The average Bonchev–Trinajstić information content (AvgIpc) is 3.36. The molecule has 2 aliphatic rings. The lowest BCUT2D eigenvalue weighted by Crippen LogP contribution is -2.53. The Balaban J connectivity index is 1.33. The fourth-order valence-electron chi connectivity index (χ4n) is 3.68. The predicted molar refractivity (Wildman–Crippen MR) is 101 cm³/mol. The maximum Gasteiger partial charge on any atom is 0.234 e. The standard InChI is InChI=1S/C20H26N4O2/c1-14(20(26)17-12-21-18-5-3-2-4-16(17)18)24-10-8-23(9-11-24)13-19(25)22-15-6-7-15/h2-5,12,14-15,21H,6-11,13H2,1H3,(H,22,25). The number of benzene rings is 1. The molecule has 1 saturated heterocycles. The molecule has 6 nitrogen and oxygen atoms in total. The first-order valence-electron chi connectivity index (χ1n) is 9.48. The van der Waals surface area contributed by atoms with Gasteiger partial charge in [-0.05, 0) is 25.8 Å². The minimum Gasteiger partial charge on any atom is -0.360 e. The van der Waals surface area contributed by atoms with Crippen LogP contribution in [0.3, 0.4) is 0 Å². The Morgan fingerprint density at radius 2 is 1.92 bits per heavy atom. The van der Waals surface area contributed by atoms with Crippen molar-refractivity contribution in [1.82, 2.24) is 20.1 Å². The van der Waals surface area contributed by atoms with Gasteiger partial charge in [-0.3, -0.25) is 19.4 Å². The first kappa shape index (κ1) is 17.2. The summed E-state index contributed by atoms with van der Waals surface area (Å²) in [6, 6.07) is 8.16. The van der Waals surface area contributed by atoms with E-state index in [1.165, 1.54) is 0 Å². The number of Topliss-reactive ketones (excluding diaryl/α,β-unsaturated/α-hetero) is 1. The molecule has 2 N–H and O–H groups in total. The summed E-state index contributed by atoms with van der Waals surface area (Å²) < 4.78 is 0. The summed E-state index contributed by atoms with van der Waals surface area (Å²) in [6.45, 7) is 5.72. The van der Waals surface area contributed by atoms with Gasteiger partial charge in [-0.15, -0.1) is 0 Å². The number of carbonyl (C=O) groups is 2. The zero-order chi connectivity index (χ0) is 18.1. The van der Waals surface area contributed by atoms with E-state index in [9.17, 15) is 9.59 Å². The van der Waals surface area contributed by atoms with Crippen LogP contribution >= 0.6 is 0 Å². The summed E-state index contributed by atoms with van der Waals surface area (Å²) in [6.07, 6.45) is 4.06.